The molecule has 2 amide bonds. The van der Waals surface area contributed by atoms with Gasteiger partial charge in [-0.3, -0.25) is 14.8 Å². The highest BCUT2D eigenvalue weighted by atomic mass is 19.1. The number of rotatable bonds is 11. The SMILES string of the molecule is CCCN(CCC)CC(C)NC(=O)c1ccc([C@@H]2[C@@H](c3ccccc3)[C@@]2(F)C(=O)NO)cc1. The lowest BCUT2D eigenvalue weighted by atomic mass is 10.0. The zero-order valence-corrected chi connectivity index (χ0v) is 19.6. The number of nitrogens with zero attached hydrogens (tertiary/aromatic N) is 1. The summed E-state index contributed by atoms with van der Waals surface area (Å²) in [6, 6.07) is 15.6. The number of amides is 2. The van der Waals surface area contributed by atoms with E-state index in [0.29, 0.717) is 16.7 Å². The summed E-state index contributed by atoms with van der Waals surface area (Å²) in [5.74, 6) is -2.67. The van der Waals surface area contributed by atoms with E-state index < -0.39 is 23.4 Å². The molecule has 2 aromatic rings. The van der Waals surface area contributed by atoms with Crippen LogP contribution in [0, 0.1) is 0 Å². The minimum atomic E-state index is -2.24. The fourth-order valence-electron chi connectivity index (χ4n) is 4.76. The monoisotopic (exact) mass is 455 g/mol. The Balaban J connectivity index is 1.70. The van der Waals surface area contributed by atoms with Crippen molar-refractivity contribution in [2.24, 2.45) is 0 Å². The highest BCUT2D eigenvalue weighted by Crippen LogP contribution is 2.66. The Morgan fingerprint density at radius 1 is 1.00 bits per heavy atom. The maximum Gasteiger partial charge on any atom is 0.282 e. The molecule has 1 aliphatic carbocycles. The van der Waals surface area contributed by atoms with Crippen molar-refractivity contribution >= 4 is 11.8 Å². The minimum absolute atomic E-state index is 0.00656. The third-order valence-electron chi connectivity index (χ3n) is 6.26. The largest absolute Gasteiger partial charge is 0.348 e. The molecule has 3 rings (SSSR count). The summed E-state index contributed by atoms with van der Waals surface area (Å²) in [6.45, 7) is 9.06. The van der Waals surface area contributed by atoms with Gasteiger partial charge in [0.25, 0.3) is 11.8 Å². The van der Waals surface area contributed by atoms with E-state index in [-0.39, 0.29) is 11.9 Å². The number of nitrogens with one attached hydrogen (secondary N) is 2. The third-order valence-corrected chi connectivity index (χ3v) is 6.26. The second-order valence-electron chi connectivity index (χ2n) is 8.87. The molecule has 0 radical (unpaired) electrons. The van der Waals surface area contributed by atoms with Crippen LogP contribution >= 0.6 is 0 Å². The van der Waals surface area contributed by atoms with Crippen LogP contribution < -0.4 is 10.8 Å². The van der Waals surface area contributed by atoms with Crippen LogP contribution in [0.4, 0.5) is 4.39 Å². The van der Waals surface area contributed by atoms with Crippen molar-refractivity contribution in [2.45, 2.75) is 57.2 Å². The number of hydrogen-bond acceptors (Lipinski definition) is 4. The Morgan fingerprint density at radius 2 is 1.55 bits per heavy atom. The highest BCUT2D eigenvalue weighted by Gasteiger charge is 2.72. The Morgan fingerprint density at radius 3 is 2.06 bits per heavy atom. The van der Waals surface area contributed by atoms with Gasteiger partial charge in [-0.15, -0.1) is 0 Å². The van der Waals surface area contributed by atoms with Crippen molar-refractivity contribution in [3.05, 3.63) is 71.3 Å². The van der Waals surface area contributed by atoms with Crippen molar-refractivity contribution in [2.75, 3.05) is 19.6 Å². The second-order valence-corrected chi connectivity index (χ2v) is 8.87. The number of hydroxylamine groups is 1. The maximum absolute atomic E-state index is 15.6. The van der Waals surface area contributed by atoms with Gasteiger partial charge in [0, 0.05) is 30.0 Å². The lowest BCUT2D eigenvalue weighted by Gasteiger charge is -2.25. The second kappa shape index (κ2) is 10.9. The van der Waals surface area contributed by atoms with Crippen LogP contribution in [0.3, 0.4) is 0 Å². The van der Waals surface area contributed by atoms with Crippen LogP contribution in [0.25, 0.3) is 0 Å². The summed E-state index contributed by atoms with van der Waals surface area (Å²) in [7, 11) is 0. The van der Waals surface area contributed by atoms with Crippen LogP contribution in [-0.2, 0) is 4.79 Å². The van der Waals surface area contributed by atoms with Gasteiger partial charge in [-0.2, -0.15) is 0 Å². The molecule has 0 heterocycles. The zero-order chi connectivity index (χ0) is 24.0. The van der Waals surface area contributed by atoms with E-state index in [0.717, 1.165) is 32.5 Å². The molecule has 0 spiro atoms. The van der Waals surface area contributed by atoms with E-state index in [9.17, 15) is 9.59 Å². The van der Waals surface area contributed by atoms with Crippen LogP contribution in [0.5, 0.6) is 0 Å². The molecule has 0 aromatic heterocycles. The Labute approximate surface area is 195 Å². The summed E-state index contributed by atoms with van der Waals surface area (Å²) in [5.41, 5.74) is 1.01. The van der Waals surface area contributed by atoms with Gasteiger partial charge in [-0.1, -0.05) is 56.3 Å². The zero-order valence-electron chi connectivity index (χ0n) is 19.6. The van der Waals surface area contributed by atoms with E-state index in [1.165, 1.54) is 5.48 Å². The van der Waals surface area contributed by atoms with Gasteiger partial charge >= 0.3 is 0 Å². The highest BCUT2D eigenvalue weighted by molar-refractivity contribution is 5.95. The van der Waals surface area contributed by atoms with Gasteiger partial charge in [-0.25, -0.2) is 9.87 Å². The average molecular weight is 456 g/mol. The molecule has 0 aliphatic heterocycles. The van der Waals surface area contributed by atoms with Crippen LogP contribution in [0.15, 0.2) is 54.6 Å². The number of carbonyl (C=O) groups is 2. The minimum Gasteiger partial charge on any atom is -0.348 e. The molecular formula is C26H34FN3O3. The Bertz CT molecular complexity index is 932. The average Bonchev–Trinajstić information content (AvgIpc) is 3.46. The van der Waals surface area contributed by atoms with Crippen LogP contribution in [0.1, 0.15) is 66.9 Å². The van der Waals surface area contributed by atoms with Crippen LogP contribution in [0.2, 0.25) is 0 Å². The third kappa shape index (κ3) is 5.42. The summed E-state index contributed by atoms with van der Waals surface area (Å²) in [6.07, 6.45) is 2.13. The first-order valence-electron chi connectivity index (χ1n) is 11.7. The van der Waals surface area contributed by atoms with Gasteiger partial charge < -0.3 is 10.2 Å². The van der Waals surface area contributed by atoms with Crippen molar-refractivity contribution in [1.29, 1.82) is 0 Å². The summed E-state index contributed by atoms with van der Waals surface area (Å²) >= 11 is 0. The molecule has 1 unspecified atom stereocenters. The lowest BCUT2D eigenvalue weighted by Crippen LogP contribution is -2.42. The number of carbonyl (C=O) groups excluding carboxylic acids is 2. The smallest absolute Gasteiger partial charge is 0.282 e. The Kier molecular flexibility index (Phi) is 8.21. The molecule has 1 saturated carbocycles. The number of alkyl halides is 1. The molecule has 4 atom stereocenters. The first-order chi connectivity index (χ1) is 15.9. The Hall–Kier alpha value is -2.77. The van der Waals surface area contributed by atoms with E-state index in [2.05, 4.69) is 24.1 Å². The van der Waals surface area contributed by atoms with Gasteiger partial charge in [0.15, 0.2) is 0 Å². The molecule has 0 saturated heterocycles. The molecule has 33 heavy (non-hydrogen) atoms. The normalized spacial score (nSPS) is 22.6. The number of hydrogen-bond donors (Lipinski definition) is 3. The molecule has 1 aliphatic rings. The summed E-state index contributed by atoms with van der Waals surface area (Å²) in [4.78, 5) is 27.2. The molecule has 0 bridgehead atoms. The molecule has 3 N–H and O–H groups in total. The quantitative estimate of drug-likeness (QED) is 0.353. The van der Waals surface area contributed by atoms with Crippen molar-refractivity contribution in [3.8, 4) is 0 Å². The predicted molar refractivity (Wildman–Crippen MR) is 126 cm³/mol. The summed E-state index contributed by atoms with van der Waals surface area (Å²) < 4.78 is 15.6. The molecular weight excluding hydrogens is 421 g/mol. The van der Waals surface area contributed by atoms with Gasteiger partial charge in [-0.05, 0) is 56.1 Å². The molecule has 7 heteroatoms. The lowest BCUT2D eigenvalue weighted by molar-refractivity contribution is -0.136. The molecule has 2 aromatic carbocycles. The van der Waals surface area contributed by atoms with E-state index in [1.54, 1.807) is 48.5 Å². The molecule has 6 nitrogen and oxygen atoms in total. The fourth-order valence-corrected chi connectivity index (χ4v) is 4.76. The first kappa shape index (κ1) is 24.9. The van der Waals surface area contributed by atoms with E-state index in [4.69, 9.17) is 5.21 Å². The van der Waals surface area contributed by atoms with Crippen molar-refractivity contribution in [1.82, 2.24) is 15.7 Å². The standard InChI is InChI=1S/C26H34FN3O3/c1-4-15-30(16-5-2)17-18(3)28-24(31)21-13-11-20(12-14-21)23-22(19-9-7-6-8-10-19)26(23,27)25(32)29-33/h6-14,18,22-23,33H,4-5,15-17H2,1-3H3,(H,28,31)(H,29,32)/t18?,22-,23-,26+/m1/s1. The molecule has 178 valence electrons. The number of benzene rings is 2. The maximum atomic E-state index is 15.6. The fraction of sp³-hybridized carbons (Fsp3) is 0.462. The van der Waals surface area contributed by atoms with Gasteiger partial charge in [0.05, 0.1) is 0 Å². The topological polar surface area (TPSA) is 81.7 Å². The predicted octanol–water partition coefficient (Wildman–Crippen LogP) is 4.02. The summed E-state index contributed by atoms with van der Waals surface area (Å²) in [5, 5.41) is 12.1. The van der Waals surface area contributed by atoms with Gasteiger partial charge in [0.2, 0.25) is 5.67 Å². The first-order valence-corrected chi connectivity index (χ1v) is 11.7. The van der Waals surface area contributed by atoms with Gasteiger partial charge in [0.1, 0.15) is 0 Å². The van der Waals surface area contributed by atoms with Crippen molar-refractivity contribution < 1.29 is 19.2 Å². The van der Waals surface area contributed by atoms with Crippen molar-refractivity contribution in [3.63, 3.8) is 0 Å². The van der Waals surface area contributed by atoms with Crippen LogP contribution in [-0.4, -0.2) is 53.3 Å². The number of halogens is 1. The molecule has 1 fully saturated rings. The van der Waals surface area contributed by atoms with E-state index in [1.807, 2.05) is 13.0 Å². The van der Waals surface area contributed by atoms with E-state index >= 15 is 4.39 Å².